The Morgan fingerprint density at radius 1 is 1.03 bits per heavy atom. The van der Waals surface area contributed by atoms with Crippen molar-refractivity contribution in [1.82, 2.24) is 25.1 Å². The van der Waals surface area contributed by atoms with Crippen LogP contribution in [0.4, 0.5) is 8.78 Å². The average Bonchev–Trinajstić information content (AvgIpc) is 3.48. The minimum absolute atomic E-state index is 0.142. The first kappa shape index (κ1) is 19.6. The fourth-order valence-electron chi connectivity index (χ4n) is 3.21. The van der Waals surface area contributed by atoms with Crippen molar-refractivity contribution in [2.75, 3.05) is 0 Å². The third-order valence-corrected chi connectivity index (χ3v) is 6.24. The Morgan fingerprint density at radius 3 is 2.39 bits per heavy atom. The number of halogens is 2. The van der Waals surface area contributed by atoms with E-state index in [0.717, 1.165) is 12.8 Å². The molecule has 6 nitrogen and oxygen atoms in total. The molecule has 0 radical (unpaired) electrons. The zero-order chi connectivity index (χ0) is 21.4. The molecular formula is C22H17F2N5OS. The third kappa shape index (κ3) is 4.13. The second-order valence-electron chi connectivity index (χ2n) is 7.28. The Labute approximate surface area is 180 Å². The number of hydrogen-bond acceptors (Lipinski definition) is 5. The summed E-state index contributed by atoms with van der Waals surface area (Å²) < 4.78 is 28.3. The Kier molecular flexibility index (Phi) is 5.11. The molecule has 2 aromatic carbocycles. The number of thioether (sulfide) groups is 1. The number of benzene rings is 2. The molecule has 0 bridgehead atoms. The van der Waals surface area contributed by atoms with Gasteiger partial charge in [-0.05, 0) is 54.8 Å². The number of rotatable bonds is 6. The maximum Gasteiger partial charge on any atom is 0.238 e. The second kappa shape index (κ2) is 8.07. The first-order valence-electron chi connectivity index (χ1n) is 9.75. The summed E-state index contributed by atoms with van der Waals surface area (Å²) >= 11 is 1.27. The smallest absolute Gasteiger partial charge is 0.238 e. The quantitative estimate of drug-likeness (QED) is 0.361. The van der Waals surface area contributed by atoms with E-state index in [1.165, 1.54) is 42.4 Å². The van der Waals surface area contributed by atoms with Gasteiger partial charge in [-0.1, -0.05) is 23.9 Å². The average molecular weight is 437 g/mol. The van der Waals surface area contributed by atoms with Crippen LogP contribution in [0.15, 0.2) is 66.1 Å². The molecule has 0 aliphatic heterocycles. The number of carbonyl (C=O) groups excluding carboxylic acids is 1. The van der Waals surface area contributed by atoms with Crippen molar-refractivity contribution in [3.63, 3.8) is 0 Å². The van der Waals surface area contributed by atoms with Crippen molar-refractivity contribution in [2.45, 2.75) is 29.2 Å². The molecule has 1 fully saturated rings. The van der Waals surface area contributed by atoms with E-state index >= 15 is 0 Å². The summed E-state index contributed by atoms with van der Waals surface area (Å²) in [5, 5.41) is 8.05. The van der Waals surface area contributed by atoms with Gasteiger partial charge in [-0.25, -0.2) is 23.4 Å². The molecular weight excluding hydrogens is 420 g/mol. The van der Waals surface area contributed by atoms with Gasteiger partial charge in [0.2, 0.25) is 5.91 Å². The zero-order valence-electron chi connectivity index (χ0n) is 16.2. The van der Waals surface area contributed by atoms with Crippen LogP contribution in [0.25, 0.3) is 16.7 Å². The molecule has 5 rings (SSSR count). The molecule has 0 saturated heterocycles. The van der Waals surface area contributed by atoms with E-state index in [0.29, 0.717) is 27.3 Å². The summed E-state index contributed by atoms with van der Waals surface area (Å²) in [5.74, 6) is -0.841. The van der Waals surface area contributed by atoms with Crippen LogP contribution in [0, 0.1) is 11.6 Å². The van der Waals surface area contributed by atoms with Gasteiger partial charge >= 0.3 is 0 Å². The molecule has 9 heteroatoms. The molecule has 31 heavy (non-hydrogen) atoms. The van der Waals surface area contributed by atoms with Gasteiger partial charge in [-0.15, -0.1) is 0 Å². The highest BCUT2D eigenvalue weighted by molar-refractivity contribution is 8.00. The van der Waals surface area contributed by atoms with Gasteiger partial charge in [0.1, 0.15) is 28.2 Å². The van der Waals surface area contributed by atoms with Crippen LogP contribution >= 0.6 is 11.8 Å². The molecule has 1 saturated carbocycles. The van der Waals surface area contributed by atoms with Gasteiger partial charge in [0.15, 0.2) is 5.65 Å². The predicted octanol–water partition coefficient (Wildman–Crippen LogP) is 4.21. The Morgan fingerprint density at radius 2 is 1.71 bits per heavy atom. The Hall–Kier alpha value is -3.33. The van der Waals surface area contributed by atoms with Crippen LogP contribution in [-0.4, -0.2) is 31.7 Å². The highest BCUT2D eigenvalue weighted by atomic mass is 32.2. The van der Waals surface area contributed by atoms with Crippen molar-refractivity contribution in [3.05, 3.63) is 78.3 Å². The number of aromatic nitrogens is 4. The molecule has 2 aromatic heterocycles. The van der Waals surface area contributed by atoms with Crippen LogP contribution in [-0.2, 0) is 4.79 Å². The lowest BCUT2D eigenvalue weighted by Gasteiger charge is -2.16. The molecule has 1 unspecified atom stereocenters. The van der Waals surface area contributed by atoms with Gasteiger partial charge in [0.25, 0.3) is 0 Å². The van der Waals surface area contributed by atoms with Gasteiger partial charge in [-0.2, -0.15) is 5.10 Å². The van der Waals surface area contributed by atoms with Crippen molar-refractivity contribution in [3.8, 4) is 5.69 Å². The van der Waals surface area contributed by atoms with Gasteiger partial charge in [0.05, 0.1) is 17.3 Å². The number of carbonyl (C=O) groups is 1. The van der Waals surface area contributed by atoms with Gasteiger partial charge < -0.3 is 5.32 Å². The maximum atomic E-state index is 13.4. The monoisotopic (exact) mass is 437 g/mol. The summed E-state index contributed by atoms with van der Waals surface area (Å²) in [6.45, 7) is 0. The number of amides is 1. The van der Waals surface area contributed by atoms with Crippen LogP contribution < -0.4 is 5.32 Å². The fourth-order valence-corrected chi connectivity index (χ4v) is 4.28. The lowest BCUT2D eigenvalue weighted by molar-refractivity contribution is -0.120. The van der Waals surface area contributed by atoms with E-state index in [2.05, 4.69) is 20.4 Å². The summed E-state index contributed by atoms with van der Waals surface area (Å²) in [4.78, 5) is 21.7. The SMILES string of the molecule is O=C(NC1CC1)C(Sc1ncnc2c1cnn2-c1ccc(F)cc1)c1ccc(F)cc1. The van der Waals surface area contributed by atoms with Crippen LogP contribution in [0.1, 0.15) is 23.7 Å². The first-order valence-corrected chi connectivity index (χ1v) is 10.6. The molecule has 4 aromatic rings. The molecule has 1 atom stereocenters. The number of fused-ring (bicyclic) bond motifs is 1. The molecule has 0 spiro atoms. The van der Waals surface area contributed by atoms with E-state index in [1.54, 1.807) is 35.1 Å². The molecule has 1 aliphatic rings. The van der Waals surface area contributed by atoms with E-state index in [1.807, 2.05) is 0 Å². The maximum absolute atomic E-state index is 13.4. The molecule has 1 aliphatic carbocycles. The van der Waals surface area contributed by atoms with Gasteiger partial charge in [-0.3, -0.25) is 4.79 Å². The summed E-state index contributed by atoms with van der Waals surface area (Å²) in [7, 11) is 0. The fraction of sp³-hybridized carbons (Fsp3) is 0.182. The van der Waals surface area contributed by atoms with Crippen molar-refractivity contribution in [1.29, 1.82) is 0 Å². The van der Waals surface area contributed by atoms with Crippen LogP contribution in [0.2, 0.25) is 0 Å². The topological polar surface area (TPSA) is 72.7 Å². The highest BCUT2D eigenvalue weighted by Gasteiger charge is 2.30. The third-order valence-electron chi connectivity index (χ3n) is 4.96. The summed E-state index contributed by atoms with van der Waals surface area (Å²) in [5.41, 5.74) is 1.89. The van der Waals surface area contributed by atoms with E-state index in [4.69, 9.17) is 0 Å². The Bertz CT molecular complexity index is 1240. The second-order valence-corrected chi connectivity index (χ2v) is 8.38. The van der Waals surface area contributed by atoms with Crippen LogP contribution in [0.5, 0.6) is 0 Å². The summed E-state index contributed by atoms with van der Waals surface area (Å²) in [6.07, 6.45) is 4.97. The molecule has 156 valence electrons. The lowest BCUT2D eigenvalue weighted by Crippen LogP contribution is -2.29. The van der Waals surface area contributed by atoms with Gasteiger partial charge in [0, 0.05) is 6.04 Å². The number of nitrogens with zero attached hydrogens (tertiary/aromatic N) is 4. The van der Waals surface area contributed by atoms with Crippen molar-refractivity contribution in [2.24, 2.45) is 0 Å². The lowest BCUT2D eigenvalue weighted by atomic mass is 10.1. The van der Waals surface area contributed by atoms with E-state index in [-0.39, 0.29) is 23.6 Å². The normalized spacial score (nSPS) is 14.5. The van der Waals surface area contributed by atoms with E-state index in [9.17, 15) is 13.6 Å². The minimum atomic E-state index is -0.603. The predicted molar refractivity (Wildman–Crippen MR) is 113 cm³/mol. The largest absolute Gasteiger partial charge is 0.352 e. The number of nitrogens with one attached hydrogen (secondary N) is 1. The summed E-state index contributed by atoms with van der Waals surface area (Å²) in [6, 6.07) is 12.0. The standard InChI is InChI=1S/C22H17F2N5OS/c23-14-3-1-13(2-4-14)19(21(30)28-16-7-8-16)31-22-18-11-27-29(20(18)25-12-26-22)17-9-5-15(24)6-10-17/h1-6,9-12,16,19H,7-8H2,(H,28,30). The molecule has 2 heterocycles. The zero-order valence-corrected chi connectivity index (χ0v) is 17.0. The van der Waals surface area contributed by atoms with Crippen LogP contribution in [0.3, 0.4) is 0 Å². The Balaban J connectivity index is 1.51. The van der Waals surface area contributed by atoms with E-state index < -0.39 is 5.25 Å². The first-order chi connectivity index (χ1) is 15.1. The number of hydrogen-bond donors (Lipinski definition) is 1. The molecule has 1 N–H and O–H groups in total. The van der Waals surface area contributed by atoms with Crippen molar-refractivity contribution >= 4 is 28.7 Å². The minimum Gasteiger partial charge on any atom is -0.352 e. The highest BCUT2D eigenvalue weighted by Crippen LogP contribution is 2.38. The molecule has 1 amide bonds. The van der Waals surface area contributed by atoms with Crippen molar-refractivity contribution < 1.29 is 13.6 Å².